The van der Waals surface area contributed by atoms with Crippen LogP contribution >= 0.6 is 11.3 Å². The number of aryl methyl sites for hydroxylation is 1. The highest BCUT2D eigenvalue weighted by Gasteiger charge is 2.19. The van der Waals surface area contributed by atoms with Crippen molar-refractivity contribution in [1.29, 1.82) is 0 Å². The van der Waals surface area contributed by atoms with Crippen LogP contribution in [0.25, 0.3) is 10.6 Å². The molecular weight excluding hydrogens is 310 g/mol. The van der Waals surface area contributed by atoms with Crippen LogP contribution in [0.4, 0.5) is 0 Å². The Morgan fingerprint density at radius 1 is 1.22 bits per heavy atom. The molecule has 0 N–H and O–H groups in total. The number of thiophene rings is 1. The summed E-state index contributed by atoms with van der Waals surface area (Å²) in [5.74, 6) is 1.29. The molecule has 0 saturated heterocycles. The van der Waals surface area contributed by atoms with Crippen LogP contribution in [-0.4, -0.2) is 14.8 Å². The maximum atomic E-state index is 12.1. The van der Waals surface area contributed by atoms with E-state index in [9.17, 15) is 4.79 Å². The van der Waals surface area contributed by atoms with Crippen molar-refractivity contribution in [2.45, 2.75) is 39.7 Å². The zero-order chi connectivity index (χ0) is 16.6. The van der Waals surface area contributed by atoms with Crippen molar-refractivity contribution >= 4 is 11.3 Å². The molecule has 0 radical (unpaired) electrons. The first kappa shape index (κ1) is 15.7. The molecule has 3 aromatic rings. The Bertz CT molecular complexity index is 884. The van der Waals surface area contributed by atoms with Gasteiger partial charge in [-0.05, 0) is 25.1 Å². The molecule has 5 nitrogen and oxygen atoms in total. The summed E-state index contributed by atoms with van der Waals surface area (Å²) in [4.78, 5) is 18.6. The van der Waals surface area contributed by atoms with Crippen LogP contribution in [0.2, 0.25) is 0 Å². The van der Waals surface area contributed by atoms with E-state index in [0.717, 1.165) is 16.3 Å². The van der Waals surface area contributed by atoms with Gasteiger partial charge in [0.1, 0.15) is 18.0 Å². The van der Waals surface area contributed by atoms with E-state index < -0.39 is 0 Å². The summed E-state index contributed by atoms with van der Waals surface area (Å²) < 4.78 is 7.14. The van der Waals surface area contributed by atoms with Crippen LogP contribution < -0.4 is 5.56 Å². The lowest BCUT2D eigenvalue weighted by Crippen LogP contribution is -2.22. The second-order valence-electron chi connectivity index (χ2n) is 6.49. The fourth-order valence-electron chi connectivity index (χ4n) is 2.12. The molecule has 0 atom stereocenters. The maximum Gasteiger partial charge on any atom is 0.267 e. The molecule has 23 heavy (non-hydrogen) atoms. The van der Waals surface area contributed by atoms with Gasteiger partial charge in [0.25, 0.3) is 5.56 Å². The molecule has 0 aliphatic carbocycles. The van der Waals surface area contributed by atoms with Crippen molar-refractivity contribution in [2.24, 2.45) is 0 Å². The number of hydrogen-bond donors (Lipinski definition) is 0. The number of aromatic nitrogens is 3. The summed E-state index contributed by atoms with van der Waals surface area (Å²) in [7, 11) is 0. The molecule has 0 spiro atoms. The van der Waals surface area contributed by atoms with Gasteiger partial charge in [0.05, 0.1) is 11.1 Å². The molecule has 6 heteroatoms. The molecule has 0 bridgehead atoms. The first-order valence-electron chi connectivity index (χ1n) is 7.43. The minimum absolute atomic E-state index is 0.111. The molecule has 0 fully saturated rings. The van der Waals surface area contributed by atoms with E-state index in [2.05, 4.69) is 30.9 Å². The van der Waals surface area contributed by atoms with E-state index in [-0.39, 0.29) is 17.5 Å². The quantitative estimate of drug-likeness (QED) is 0.736. The van der Waals surface area contributed by atoms with Crippen molar-refractivity contribution in [3.05, 3.63) is 57.3 Å². The van der Waals surface area contributed by atoms with E-state index in [1.165, 1.54) is 15.6 Å². The third-order valence-electron chi connectivity index (χ3n) is 3.44. The smallest absolute Gasteiger partial charge is 0.267 e. The molecule has 0 aromatic carbocycles. The van der Waals surface area contributed by atoms with Crippen LogP contribution in [0.5, 0.6) is 0 Å². The summed E-state index contributed by atoms with van der Waals surface area (Å²) >= 11 is 1.65. The fourth-order valence-corrected chi connectivity index (χ4v) is 2.96. The van der Waals surface area contributed by atoms with Crippen molar-refractivity contribution in [3.8, 4) is 10.6 Å². The van der Waals surface area contributed by atoms with Crippen molar-refractivity contribution in [2.75, 3.05) is 0 Å². The van der Waals surface area contributed by atoms with Crippen molar-refractivity contribution in [3.63, 3.8) is 0 Å². The lowest BCUT2D eigenvalue weighted by Gasteiger charge is -2.13. The van der Waals surface area contributed by atoms with Gasteiger partial charge in [-0.1, -0.05) is 20.8 Å². The average Bonchev–Trinajstić information content (AvgIpc) is 3.10. The average molecular weight is 329 g/mol. The monoisotopic (exact) mass is 329 g/mol. The Kier molecular flexibility index (Phi) is 3.93. The number of hydrogen-bond acceptors (Lipinski definition) is 5. The molecule has 0 aliphatic rings. The predicted molar refractivity (Wildman–Crippen MR) is 90.9 cm³/mol. The zero-order valence-electron chi connectivity index (χ0n) is 13.7. The molecule has 3 heterocycles. The first-order valence-corrected chi connectivity index (χ1v) is 8.25. The summed E-state index contributed by atoms with van der Waals surface area (Å²) in [6.45, 7) is 8.45. The van der Waals surface area contributed by atoms with Crippen molar-refractivity contribution < 1.29 is 4.42 Å². The van der Waals surface area contributed by atoms with Crippen LogP contribution in [0.1, 0.15) is 37.3 Å². The second kappa shape index (κ2) is 5.77. The largest absolute Gasteiger partial charge is 0.443 e. The number of nitrogens with zero attached hydrogens (tertiary/aromatic N) is 3. The molecule has 0 saturated carbocycles. The van der Waals surface area contributed by atoms with E-state index in [4.69, 9.17) is 4.42 Å². The van der Waals surface area contributed by atoms with E-state index >= 15 is 0 Å². The van der Waals surface area contributed by atoms with Gasteiger partial charge in [-0.15, -0.1) is 11.3 Å². The van der Waals surface area contributed by atoms with Crippen LogP contribution in [0.15, 0.2) is 39.7 Å². The third-order valence-corrected chi connectivity index (χ3v) is 4.46. The summed E-state index contributed by atoms with van der Waals surface area (Å²) in [5.41, 5.74) is 0.503. The highest BCUT2D eigenvalue weighted by atomic mass is 32.1. The molecule has 0 amide bonds. The van der Waals surface area contributed by atoms with Gasteiger partial charge < -0.3 is 4.42 Å². The Morgan fingerprint density at radius 2 is 2.00 bits per heavy atom. The van der Waals surface area contributed by atoms with Gasteiger partial charge in [0.2, 0.25) is 5.89 Å². The third kappa shape index (κ3) is 3.42. The summed E-state index contributed by atoms with van der Waals surface area (Å²) in [6.07, 6.45) is 1.72. The van der Waals surface area contributed by atoms with E-state index in [1.807, 2.05) is 19.1 Å². The van der Waals surface area contributed by atoms with Crippen molar-refractivity contribution in [1.82, 2.24) is 14.8 Å². The summed E-state index contributed by atoms with van der Waals surface area (Å²) in [6, 6.07) is 7.34. The van der Waals surface area contributed by atoms with Crippen LogP contribution in [0, 0.1) is 6.92 Å². The van der Waals surface area contributed by atoms with Gasteiger partial charge in [0, 0.05) is 16.4 Å². The number of rotatable bonds is 3. The molecule has 0 unspecified atom stereocenters. The van der Waals surface area contributed by atoms with Gasteiger partial charge in [-0.3, -0.25) is 4.79 Å². The summed E-state index contributed by atoms with van der Waals surface area (Å²) in [5, 5.41) is 4.44. The Morgan fingerprint density at radius 3 is 2.61 bits per heavy atom. The van der Waals surface area contributed by atoms with Gasteiger partial charge in [0.15, 0.2) is 0 Å². The first-order chi connectivity index (χ1) is 10.8. The predicted octanol–water partition coefficient (Wildman–Crippen LogP) is 3.61. The van der Waals surface area contributed by atoms with Crippen LogP contribution in [0.3, 0.4) is 0 Å². The fraction of sp³-hybridized carbons (Fsp3) is 0.353. The Balaban J connectivity index is 1.91. The zero-order valence-corrected chi connectivity index (χ0v) is 14.5. The SMILES string of the molecule is Cc1ccc(-c2ccc(=O)n(Cc3ncc(C(C)(C)C)o3)n2)s1. The minimum Gasteiger partial charge on any atom is -0.443 e. The molecule has 3 rings (SSSR count). The van der Waals surface area contributed by atoms with Crippen LogP contribution in [-0.2, 0) is 12.0 Å². The van der Waals surface area contributed by atoms with E-state index in [0.29, 0.717) is 5.89 Å². The highest BCUT2D eigenvalue weighted by molar-refractivity contribution is 7.15. The second-order valence-corrected chi connectivity index (χ2v) is 7.78. The lowest BCUT2D eigenvalue weighted by atomic mass is 9.94. The molecular formula is C17H19N3O2S. The van der Waals surface area contributed by atoms with Gasteiger partial charge >= 0.3 is 0 Å². The lowest BCUT2D eigenvalue weighted by molar-refractivity contribution is 0.370. The molecule has 120 valence electrons. The minimum atomic E-state index is -0.169. The topological polar surface area (TPSA) is 60.9 Å². The van der Waals surface area contributed by atoms with Gasteiger partial charge in [-0.2, -0.15) is 5.10 Å². The highest BCUT2D eigenvalue weighted by Crippen LogP contribution is 2.25. The Hall–Kier alpha value is -2.21. The van der Waals surface area contributed by atoms with Gasteiger partial charge in [-0.25, -0.2) is 9.67 Å². The maximum absolute atomic E-state index is 12.1. The number of oxazole rings is 1. The Labute approximate surface area is 138 Å². The normalized spacial score (nSPS) is 11.8. The van der Waals surface area contributed by atoms with E-state index in [1.54, 1.807) is 23.6 Å². The standard InChI is InChI=1S/C17H19N3O2S/c1-11-5-7-13(23-11)12-6-8-16(21)20(19-12)10-15-18-9-14(22-15)17(2,3)4/h5-9H,10H2,1-4H3. The molecule has 0 aliphatic heterocycles. The molecule has 3 aromatic heterocycles.